The molecule has 156 valence electrons. The molecule has 3 atom stereocenters. The maximum Gasteiger partial charge on any atom is 0.326 e. The second-order valence-corrected chi connectivity index (χ2v) is 6.93. The van der Waals surface area contributed by atoms with Crippen LogP contribution in [0.1, 0.15) is 46.5 Å². The van der Waals surface area contributed by atoms with Crippen LogP contribution < -0.4 is 27.4 Å². The fourth-order valence-corrected chi connectivity index (χ4v) is 2.32. The Bertz CT molecular complexity index is 512. The molecule has 0 fully saturated rings. The van der Waals surface area contributed by atoms with Gasteiger partial charge in [0.1, 0.15) is 12.1 Å². The van der Waals surface area contributed by atoms with Crippen LogP contribution in [0.5, 0.6) is 0 Å². The number of hydrogen-bond donors (Lipinski definition) is 6. The third-order valence-electron chi connectivity index (χ3n) is 3.82. The number of carboxylic acids is 1. The maximum absolute atomic E-state index is 12.1. The van der Waals surface area contributed by atoms with Gasteiger partial charge in [-0.05, 0) is 45.1 Å². The molecule has 0 spiro atoms. The number of carbonyl (C=O) groups excluding carboxylic acids is 3. The highest BCUT2D eigenvalue weighted by molar-refractivity contribution is 5.92. The molecule has 0 rings (SSSR count). The molecular formula is C17H33N5O5. The van der Waals surface area contributed by atoms with E-state index in [-0.39, 0.29) is 18.9 Å². The molecule has 8 N–H and O–H groups in total. The highest BCUT2D eigenvalue weighted by atomic mass is 16.4. The van der Waals surface area contributed by atoms with Crippen LogP contribution in [0.15, 0.2) is 0 Å². The minimum absolute atomic E-state index is 0.246. The number of amides is 3. The fourth-order valence-electron chi connectivity index (χ4n) is 2.32. The van der Waals surface area contributed by atoms with Gasteiger partial charge in [-0.15, -0.1) is 0 Å². The summed E-state index contributed by atoms with van der Waals surface area (Å²) in [5.41, 5.74) is 11.1. The lowest BCUT2D eigenvalue weighted by Gasteiger charge is -2.19. The zero-order valence-electron chi connectivity index (χ0n) is 16.3. The van der Waals surface area contributed by atoms with Crippen LogP contribution in [-0.4, -0.2) is 60.0 Å². The predicted molar refractivity (Wildman–Crippen MR) is 101 cm³/mol. The highest BCUT2D eigenvalue weighted by Gasteiger charge is 2.24. The number of rotatable bonds is 13. The molecule has 0 saturated carbocycles. The summed E-state index contributed by atoms with van der Waals surface area (Å²) in [6, 6.07) is -2.70. The average Bonchev–Trinajstić information content (AvgIpc) is 2.57. The van der Waals surface area contributed by atoms with Crippen LogP contribution in [0.25, 0.3) is 0 Å². The second-order valence-electron chi connectivity index (χ2n) is 6.93. The van der Waals surface area contributed by atoms with Crippen LogP contribution in [0.4, 0.5) is 0 Å². The standard InChI is InChI=1S/C17H33N5O5/c1-10(2)8-12(19)16(25)20-9-14(23)21-11(3)15(24)22-13(17(26)27)6-4-5-7-18/h10-13H,4-9,18-19H2,1-3H3,(H,20,25)(H,21,23)(H,22,24)(H,26,27). The number of hydrogen-bond acceptors (Lipinski definition) is 6. The van der Waals surface area contributed by atoms with Crippen molar-refractivity contribution in [3.63, 3.8) is 0 Å². The summed E-state index contributed by atoms with van der Waals surface area (Å²) in [4.78, 5) is 46.9. The molecule has 10 nitrogen and oxygen atoms in total. The summed E-state index contributed by atoms with van der Waals surface area (Å²) in [6.07, 6.45) is 1.97. The monoisotopic (exact) mass is 387 g/mol. The van der Waals surface area contributed by atoms with E-state index < -0.39 is 41.8 Å². The van der Waals surface area contributed by atoms with Crippen molar-refractivity contribution in [3.05, 3.63) is 0 Å². The van der Waals surface area contributed by atoms with E-state index in [0.717, 1.165) is 0 Å². The highest BCUT2D eigenvalue weighted by Crippen LogP contribution is 2.03. The SMILES string of the molecule is CC(C)CC(N)C(=O)NCC(=O)NC(C)C(=O)NC(CCCCN)C(=O)O. The van der Waals surface area contributed by atoms with Crippen molar-refractivity contribution in [2.75, 3.05) is 13.1 Å². The summed E-state index contributed by atoms with van der Waals surface area (Å²) in [5.74, 6) is -2.54. The molecule has 3 unspecified atom stereocenters. The normalized spacial score (nSPS) is 14.1. The van der Waals surface area contributed by atoms with Crippen LogP contribution in [0, 0.1) is 5.92 Å². The molecule has 0 bridgehead atoms. The summed E-state index contributed by atoms with van der Waals surface area (Å²) in [6.45, 7) is 5.42. The van der Waals surface area contributed by atoms with Gasteiger partial charge in [-0.3, -0.25) is 14.4 Å². The van der Waals surface area contributed by atoms with Crippen molar-refractivity contribution in [2.45, 2.75) is 64.6 Å². The number of carboxylic acid groups (broad SMARTS) is 1. The van der Waals surface area contributed by atoms with Crippen LogP contribution in [0.2, 0.25) is 0 Å². The first-order chi connectivity index (χ1) is 12.6. The van der Waals surface area contributed by atoms with Crippen molar-refractivity contribution < 1.29 is 24.3 Å². The quantitative estimate of drug-likeness (QED) is 0.212. The van der Waals surface area contributed by atoms with Gasteiger partial charge in [0, 0.05) is 0 Å². The van der Waals surface area contributed by atoms with Crippen molar-refractivity contribution in [1.82, 2.24) is 16.0 Å². The van der Waals surface area contributed by atoms with Crippen molar-refractivity contribution in [1.29, 1.82) is 0 Å². The first kappa shape index (κ1) is 24.8. The Kier molecular flexibility index (Phi) is 12.0. The van der Waals surface area contributed by atoms with Gasteiger partial charge in [0.15, 0.2) is 0 Å². The summed E-state index contributed by atoms with van der Waals surface area (Å²) in [7, 11) is 0. The zero-order chi connectivity index (χ0) is 21.0. The van der Waals surface area contributed by atoms with E-state index in [1.165, 1.54) is 6.92 Å². The molecule has 3 amide bonds. The Morgan fingerprint density at radius 2 is 1.63 bits per heavy atom. The Balaban J connectivity index is 4.37. The molecule has 0 heterocycles. The van der Waals surface area contributed by atoms with Gasteiger partial charge in [-0.1, -0.05) is 13.8 Å². The minimum atomic E-state index is -1.15. The molecule has 0 aromatic carbocycles. The average molecular weight is 387 g/mol. The smallest absolute Gasteiger partial charge is 0.326 e. The summed E-state index contributed by atoms with van der Waals surface area (Å²) < 4.78 is 0. The number of aliphatic carboxylic acids is 1. The van der Waals surface area contributed by atoms with E-state index in [1.807, 2.05) is 13.8 Å². The number of carbonyl (C=O) groups is 4. The number of nitrogens with one attached hydrogen (secondary N) is 3. The first-order valence-electron chi connectivity index (χ1n) is 9.14. The molecule has 0 aliphatic heterocycles. The fraction of sp³-hybridized carbons (Fsp3) is 0.765. The predicted octanol–water partition coefficient (Wildman–Crippen LogP) is -1.32. The lowest BCUT2D eigenvalue weighted by atomic mass is 10.0. The molecule has 0 aromatic heterocycles. The zero-order valence-corrected chi connectivity index (χ0v) is 16.3. The van der Waals surface area contributed by atoms with Gasteiger partial charge in [0.25, 0.3) is 0 Å². The summed E-state index contributed by atoms with van der Waals surface area (Å²) >= 11 is 0. The van der Waals surface area contributed by atoms with Gasteiger partial charge in [0.05, 0.1) is 12.6 Å². The van der Waals surface area contributed by atoms with Crippen molar-refractivity contribution >= 4 is 23.7 Å². The molecule has 0 aromatic rings. The van der Waals surface area contributed by atoms with E-state index >= 15 is 0 Å². The first-order valence-corrected chi connectivity index (χ1v) is 9.14. The van der Waals surface area contributed by atoms with Gasteiger partial charge in [-0.2, -0.15) is 0 Å². The lowest BCUT2D eigenvalue weighted by Crippen LogP contribution is -2.52. The van der Waals surface area contributed by atoms with E-state index in [2.05, 4.69) is 16.0 Å². The molecular weight excluding hydrogens is 354 g/mol. The third-order valence-corrected chi connectivity index (χ3v) is 3.82. The van der Waals surface area contributed by atoms with Crippen molar-refractivity contribution in [3.8, 4) is 0 Å². The minimum Gasteiger partial charge on any atom is -0.480 e. The molecule has 0 aliphatic rings. The van der Waals surface area contributed by atoms with Gasteiger partial charge >= 0.3 is 5.97 Å². The van der Waals surface area contributed by atoms with E-state index in [1.54, 1.807) is 0 Å². The molecule has 0 saturated heterocycles. The maximum atomic E-state index is 12.1. The number of unbranched alkanes of at least 4 members (excludes halogenated alkanes) is 1. The van der Waals surface area contributed by atoms with Crippen molar-refractivity contribution in [2.24, 2.45) is 17.4 Å². The van der Waals surface area contributed by atoms with Crippen LogP contribution >= 0.6 is 0 Å². The summed E-state index contributed by atoms with van der Waals surface area (Å²) in [5, 5.41) is 16.4. The van der Waals surface area contributed by atoms with E-state index in [4.69, 9.17) is 16.6 Å². The lowest BCUT2D eigenvalue weighted by molar-refractivity contribution is -0.142. The molecule has 0 aliphatic carbocycles. The molecule has 0 radical (unpaired) electrons. The van der Waals surface area contributed by atoms with E-state index in [0.29, 0.717) is 25.8 Å². The largest absolute Gasteiger partial charge is 0.480 e. The number of nitrogens with two attached hydrogens (primary N) is 2. The Hall–Kier alpha value is -2.20. The van der Waals surface area contributed by atoms with Gasteiger partial charge in [-0.25, -0.2) is 4.79 Å². The second kappa shape index (κ2) is 13.0. The Morgan fingerprint density at radius 3 is 2.15 bits per heavy atom. The topological polar surface area (TPSA) is 177 Å². The van der Waals surface area contributed by atoms with Gasteiger partial charge in [0.2, 0.25) is 17.7 Å². The van der Waals surface area contributed by atoms with Gasteiger partial charge < -0.3 is 32.5 Å². The van der Waals surface area contributed by atoms with E-state index in [9.17, 15) is 19.2 Å². The third kappa shape index (κ3) is 11.2. The van der Waals surface area contributed by atoms with Crippen LogP contribution in [0.3, 0.4) is 0 Å². The molecule has 10 heteroatoms. The Morgan fingerprint density at radius 1 is 1.00 bits per heavy atom. The Labute approximate surface area is 159 Å². The van der Waals surface area contributed by atoms with Crippen LogP contribution in [-0.2, 0) is 19.2 Å². The molecule has 27 heavy (non-hydrogen) atoms.